The Bertz CT molecular complexity index is 1090. The van der Waals surface area contributed by atoms with Gasteiger partial charge in [-0.05, 0) is 36.2 Å². The van der Waals surface area contributed by atoms with Crippen LogP contribution < -0.4 is 5.63 Å². The quantitative estimate of drug-likeness (QED) is 0.412. The van der Waals surface area contributed by atoms with E-state index in [2.05, 4.69) is 0 Å². The fourth-order valence-corrected chi connectivity index (χ4v) is 2.90. The molecule has 0 bridgehead atoms. The highest BCUT2D eigenvalue weighted by molar-refractivity contribution is 6.08. The first-order valence-electron chi connectivity index (χ1n) is 7.39. The minimum atomic E-state index is -0.395. The zero-order valence-electron chi connectivity index (χ0n) is 12.5. The first kappa shape index (κ1) is 13.6. The van der Waals surface area contributed by atoms with Crippen LogP contribution in [0, 0.1) is 6.92 Å². The summed E-state index contributed by atoms with van der Waals surface area (Å²) in [6.45, 7) is 2.02. The number of benzene rings is 3. The second-order valence-corrected chi connectivity index (χ2v) is 5.67. The number of rotatable bonds is 1. The van der Waals surface area contributed by atoms with Crippen molar-refractivity contribution in [2.24, 2.45) is 0 Å². The van der Waals surface area contributed by atoms with Gasteiger partial charge in [0.15, 0.2) is 0 Å². The van der Waals surface area contributed by atoms with E-state index in [1.807, 2.05) is 43.3 Å². The Morgan fingerprint density at radius 2 is 1.57 bits per heavy atom. The van der Waals surface area contributed by atoms with Crippen molar-refractivity contribution in [2.45, 2.75) is 6.92 Å². The van der Waals surface area contributed by atoms with Crippen molar-refractivity contribution < 1.29 is 9.52 Å². The van der Waals surface area contributed by atoms with Gasteiger partial charge in [-0.2, -0.15) is 0 Å². The van der Waals surface area contributed by atoms with E-state index < -0.39 is 5.63 Å². The minimum Gasteiger partial charge on any atom is -0.507 e. The van der Waals surface area contributed by atoms with E-state index in [1.54, 1.807) is 24.3 Å². The van der Waals surface area contributed by atoms with Crippen LogP contribution in [-0.2, 0) is 0 Å². The van der Waals surface area contributed by atoms with Crippen molar-refractivity contribution in [1.82, 2.24) is 0 Å². The Balaban J connectivity index is 2.07. The van der Waals surface area contributed by atoms with E-state index >= 15 is 0 Å². The molecule has 4 aromatic rings. The maximum atomic E-state index is 12.1. The molecule has 3 nitrogen and oxygen atoms in total. The molecule has 112 valence electrons. The molecule has 0 aliphatic rings. The lowest BCUT2D eigenvalue weighted by atomic mass is 10.00. The maximum Gasteiger partial charge on any atom is 0.344 e. The molecule has 0 radical (unpaired) electrons. The molecular weight excluding hydrogens is 288 g/mol. The number of aromatic hydroxyl groups is 1. The second kappa shape index (κ2) is 4.99. The number of phenolic OH excluding ortho intramolecular Hbond substituents is 1. The highest BCUT2D eigenvalue weighted by Crippen LogP contribution is 2.35. The summed E-state index contributed by atoms with van der Waals surface area (Å²) in [4.78, 5) is 12.1. The Kier molecular flexibility index (Phi) is 2.95. The van der Waals surface area contributed by atoms with Crippen LogP contribution in [0.3, 0.4) is 0 Å². The van der Waals surface area contributed by atoms with E-state index in [0.717, 1.165) is 16.7 Å². The largest absolute Gasteiger partial charge is 0.507 e. The van der Waals surface area contributed by atoms with Crippen LogP contribution in [0.25, 0.3) is 32.9 Å². The predicted molar refractivity (Wildman–Crippen MR) is 91.8 cm³/mol. The standard InChI is InChI=1S/C20H14O3/c1-12-6-8-13(9-7-12)14-10-17(21)19-15-4-2-3-5-16(15)20(22)23-18(19)11-14/h2-11,21H,1H3. The van der Waals surface area contributed by atoms with Crippen LogP contribution in [-0.4, -0.2) is 5.11 Å². The summed E-state index contributed by atoms with van der Waals surface area (Å²) in [5.41, 5.74) is 2.94. The summed E-state index contributed by atoms with van der Waals surface area (Å²) in [5, 5.41) is 12.2. The highest BCUT2D eigenvalue weighted by Gasteiger charge is 2.12. The van der Waals surface area contributed by atoms with Gasteiger partial charge >= 0.3 is 5.63 Å². The zero-order valence-corrected chi connectivity index (χ0v) is 12.5. The molecule has 0 saturated heterocycles. The molecule has 0 fully saturated rings. The average Bonchev–Trinajstić information content (AvgIpc) is 2.55. The fourth-order valence-electron chi connectivity index (χ4n) is 2.90. The van der Waals surface area contributed by atoms with Crippen LogP contribution >= 0.6 is 0 Å². The lowest BCUT2D eigenvalue weighted by molar-refractivity contribution is 0.480. The molecule has 23 heavy (non-hydrogen) atoms. The van der Waals surface area contributed by atoms with Gasteiger partial charge in [0, 0.05) is 5.39 Å². The molecule has 0 amide bonds. The monoisotopic (exact) mass is 302 g/mol. The molecule has 1 N–H and O–H groups in total. The van der Waals surface area contributed by atoms with Gasteiger partial charge in [0.05, 0.1) is 10.8 Å². The Morgan fingerprint density at radius 3 is 2.30 bits per heavy atom. The van der Waals surface area contributed by atoms with Gasteiger partial charge < -0.3 is 9.52 Å². The van der Waals surface area contributed by atoms with Crippen LogP contribution in [0.5, 0.6) is 5.75 Å². The number of aryl methyl sites for hydroxylation is 1. The van der Waals surface area contributed by atoms with E-state index in [4.69, 9.17) is 4.42 Å². The Morgan fingerprint density at radius 1 is 0.870 bits per heavy atom. The topological polar surface area (TPSA) is 50.4 Å². The van der Waals surface area contributed by atoms with Crippen molar-refractivity contribution in [3.05, 3.63) is 76.6 Å². The fraction of sp³-hybridized carbons (Fsp3) is 0.0500. The summed E-state index contributed by atoms with van der Waals surface area (Å²) in [6, 6.07) is 18.6. The third-order valence-electron chi connectivity index (χ3n) is 4.09. The van der Waals surface area contributed by atoms with Crippen LogP contribution in [0.4, 0.5) is 0 Å². The van der Waals surface area contributed by atoms with Crippen molar-refractivity contribution in [3.63, 3.8) is 0 Å². The summed E-state index contributed by atoms with van der Waals surface area (Å²) < 4.78 is 5.43. The summed E-state index contributed by atoms with van der Waals surface area (Å²) in [6.07, 6.45) is 0. The number of hydrogen-bond donors (Lipinski definition) is 1. The Labute approximate surface area is 132 Å². The first-order valence-corrected chi connectivity index (χ1v) is 7.39. The molecule has 4 rings (SSSR count). The van der Waals surface area contributed by atoms with E-state index in [0.29, 0.717) is 21.7 Å². The molecule has 0 aliphatic heterocycles. The van der Waals surface area contributed by atoms with Crippen LogP contribution in [0.1, 0.15) is 5.56 Å². The molecule has 1 aromatic heterocycles. The minimum absolute atomic E-state index is 0.109. The van der Waals surface area contributed by atoms with Crippen molar-refractivity contribution in [2.75, 3.05) is 0 Å². The average molecular weight is 302 g/mol. The normalized spacial score (nSPS) is 11.2. The molecule has 3 heteroatoms. The smallest absolute Gasteiger partial charge is 0.344 e. The van der Waals surface area contributed by atoms with E-state index in [1.165, 1.54) is 0 Å². The molecule has 3 aromatic carbocycles. The van der Waals surface area contributed by atoms with Gasteiger partial charge in [0.1, 0.15) is 11.3 Å². The number of phenols is 1. The SMILES string of the molecule is Cc1ccc(-c2cc(O)c3c(c2)oc(=O)c2ccccc23)cc1. The zero-order chi connectivity index (χ0) is 16.0. The summed E-state index contributed by atoms with van der Waals surface area (Å²) in [7, 11) is 0. The lowest BCUT2D eigenvalue weighted by Crippen LogP contribution is -1.99. The van der Waals surface area contributed by atoms with Crippen molar-refractivity contribution in [3.8, 4) is 16.9 Å². The third-order valence-corrected chi connectivity index (χ3v) is 4.09. The maximum absolute atomic E-state index is 12.1. The van der Waals surface area contributed by atoms with Crippen molar-refractivity contribution >= 4 is 21.7 Å². The number of hydrogen-bond acceptors (Lipinski definition) is 3. The lowest BCUT2D eigenvalue weighted by Gasteiger charge is -2.08. The Hall–Kier alpha value is -3.07. The van der Waals surface area contributed by atoms with Crippen LogP contribution in [0.2, 0.25) is 0 Å². The molecule has 0 spiro atoms. The molecule has 0 aliphatic carbocycles. The van der Waals surface area contributed by atoms with E-state index in [9.17, 15) is 9.90 Å². The van der Waals surface area contributed by atoms with E-state index in [-0.39, 0.29) is 5.75 Å². The molecule has 1 heterocycles. The van der Waals surface area contributed by atoms with Gasteiger partial charge in [-0.15, -0.1) is 0 Å². The highest BCUT2D eigenvalue weighted by atomic mass is 16.4. The van der Waals surface area contributed by atoms with Gasteiger partial charge in [-0.25, -0.2) is 4.79 Å². The number of fused-ring (bicyclic) bond motifs is 3. The predicted octanol–water partition coefficient (Wildman–Crippen LogP) is 4.63. The molecule has 0 saturated carbocycles. The van der Waals surface area contributed by atoms with Gasteiger partial charge in [-0.1, -0.05) is 48.0 Å². The summed E-state index contributed by atoms with van der Waals surface area (Å²) >= 11 is 0. The van der Waals surface area contributed by atoms with Gasteiger partial charge in [0.2, 0.25) is 0 Å². The van der Waals surface area contributed by atoms with Gasteiger partial charge in [-0.3, -0.25) is 0 Å². The molecule has 0 unspecified atom stereocenters. The molecular formula is C20H14O3. The van der Waals surface area contributed by atoms with Gasteiger partial charge in [0.25, 0.3) is 0 Å². The van der Waals surface area contributed by atoms with Crippen molar-refractivity contribution in [1.29, 1.82) is 0 Å². The summed E-state index contributed by atoms with van der Waals surface area (Å²) in [5.74, 6) is 0.109. The first-order chi connectivity index (χ1) is 11.1. The van der Waals surface area contributed by atoms with Crippen LogP contribution in [0.15, 0.2) is 69.9 Å². The second-order valence-electron chi connectivity index (χ2n) is 5.67. The molecule has 0 atom stereocenters. The third kappa shape index (κ3) is 2.18.